The fraction of sp³-hybridized carbons (Fsp3) is 0.278. The molecule has 1 amide bonds. The maximum atomic E-state index is 12.9. The Labute approximate surface area is 170 Å². The van der Waals surface area contributed by atoms with Crippen molar-refractivity contribution in [2.75, 3.05) is 32.1 Å². The first-order chi connectivity index (χ1) is 13.6. The number of sulfonamides is 2. The van der Waals surface area contributed by atoms with Crippen molar-refractivity contribution in [2.45, 2.75) is 16.2 Å². The molecule has 0 heterocycles. The highest BCUT2D eigenvalue weighted by atomic mass is 32.2. The number of carbonyl (C=O) groups excluding carboxylic acids is 1. The van der Waals surface area contributed by atoms with E-state index in [9.17, 15) is 21.6 Å². The number of carbonyl (C=O) groups is 1. The maximum absolute atomic E-state index is 12.9. The van der Waals surface area contributed by atoms with E-state index < -0.39 is 20.0 Å². The van der Waals surface area contributed by atoms with Gasteiger partial charge in [0.2, 0.25) is 15.9 Å². The smallest absolute Gasteiger partial charge is 0.264 e. The molecule has 0 aliphatic rings. The minimum atomic E-state index is -3.96. The summed E-state index contributed by atoms with van der Waals surface area (Å²) in [5.74, 6) is -0.117. The molecule has 0 saturated heterocycles. The maximum Gasteiger partial charge on any atom is 0.264 e. The molecule has 0 saturated carbocycles. The highest BCUT2D eigenvalue weighted by molar-refractivity contribution is 7.92. The van der Waals surface area contributed by atoms with Crippen molar-refractivity contribution in [1.29, 1.82) is 0 Å². The van der Waals surface area contributed by atoms with Gasteiger partial charge in [0.1, 0.15) is 5.75 Å². The Morgan fingerprint density at radius 1 is 1.03 bits per heavy atom. The number of ether oxygens (including phenoxy) is 1. The largest absolute Gasteiger partial charge is 0.495 e. The van der Waals surface area contributed by atoms with Crippen molar-refractivity contribution in [3.8, 4) is 5.75 Å². The van der Waals surface area contributed by atoms with Gasteiger partial charge in [-0.15, -0.1) is 0 Å². The van der Waals surface area contributed by atoms with Crippen LogP contribution in [0.4, 0.5) is 5.69 Å². The van der Waals surface area contributed by atoms with Crippen LogP contribution in [0.25, 0.3) is 0 Å². The van der Waals surface area contributed by atoms with Gasteiger partial charge in [-0.05, 0) is 30.3 Å². The Balaban J connectivity index is 2.39. The van der Waals surface area contributed by atoms with Gasteiger partial charge in [-0.25, -0.2) is 21.6 Å². The number of rotatable bonds is 9. The van der Waals surface area contributed by atoms with Gasteiger partial charge in [0.05, 0.1) is 22.6 Å². The predicted molar refractivity (Wildman–Crippen MR) is 109 cm³/mol. The summed E-state index contributed by atoms with van der Waals surface area (Å²) in [7, 11) is -3.77. The number of benzene rings is 2. The second-order valence-corrected chi connectivity index (χ2v) is 9.68. The zero-order chi connectivity index (χ0) is 21.7. The van der Waals surface area contributed by atoms with E-state index in [0.717, 1.165) is 4.31 Å². The van der Waals surface area contributed by atoms with Crippen LogP contribution in [0.5, 0.6) is 5.75 Å². The van der Waals surface area contributed by atoms with Crippen molar-refractivity contribution in [1.82, 2.24) is 10.0 Å². The van der Waals surface area contributed by atoms with Crippen LogP contribution in [0.15, 0.2) is 58.3 Å². The minimum absolute atomic E-state index is 0.0268. The summed E-state index contributed by atoms with van der Waals surface area (Å²) in [4.78, 5) is 11.2. The summed E-state index contributed by atoms with van der Waals surface area (Å²) in [5.41, 5.74) is 0.0607. The van der Waals surface area contributed by atoms with Crippen LogP contribution >= 0.6 is 0 Å². The lowest BCUT2D eigenvalue weighted by atomic mass is 10.3. The molecule has 0 aliphatic heterocycles. The Bertz CT molecular complexity index is 1070. The molecule has 0 aromatic heterocycles. The standard InChI is InChI=1S/C18H23N3O6S2/c1-19-18(22)11-12-20-28(23,24)15-9-10-17(27-3)16(13-15)21(2)29(25,26)14-7-5-4-6-8-14/h4-10,13,20H,11-12H2,1-3H3,(H,19,22). The van der Waals surface area contributed by atoms with Gasteiger partial charge in [-0.3, -0.25) is 9.10 Å². The Morgan fingerprint density at radius 3 is 2.28 bits per heavy atom. The van der Waals surface area contributed by atoms with Crippen molar-refractivity contribution in [3.63, 3.8) is 0 Å². The van der Waals surface area contributed by atoms with E-state index in [1.807, 2.05) is 0 Å². The summed E-state index contributed by atoms with van der Waals surface area (Å²) < 4.78 is 59.4. The number of amides is 1. The first-order valence-electron chi connectivity index (χ1n) is 8.55. The average Bonchev–Trinajstić information content (AvgIpc) is 2.72. The van der Waals surface area contributed by atoms with Crippen LogP contribution in [-0.4, -0.2) is 50.5 Å². The number of hydrogen-bond acceptors (Lipinski definition) is 6. The zero-order valence-corrected chi connectivity index (χ0v) is 17.9. The van der Waals surface area contributed by atoms with Crippen LogP contribution in [-0.2, 0) is 24.8 Å². The molecule has 0 bridgehead atoms. The SMILES string of the molecule is CNC(=O)CCNS(=O)(=O)c1ccc(OC)c(N(C)S(=O)(=O)c2ccccc2)c1. The molecule has 29 heavy (non-hydrogen) atoms. The molecule has 158 valence electrons. The quantitative estimate of drug-likeness (QED) is 0.597. The number of anilines is 1. The summed E-state index contributed by atoms with van der Waals surface area (Å²) in [5, 5.41) is 2.40. The third-order valence-corrected chi connectivity index (χ3v) is 7.37. The summed E-state index contributed by atoms with van der Waals surface area (Å²) in [6, 6.07) is 11.6. The first kappa shape index (κ1) is 22.7. The predicted octanol–water partition coefficient (Wildman–Crippen LogP) is 0.935. The van der Waals surface area contributed by atoms with Crippen LogP contribution < -0.4 is 19.1 Å². The molecular weight excluding hydrogens is 418 g/mol. The molecule has 0 aliphatic carbocycles. The molecule has 0 atom stereocenters. The molecule has 0 fully saturated rings. The van der Waals surface area contributed by atoms with Crippen LogP contribution in [0, 0.1) is 0 Å². The zero-order valence-electron chi connectivity index (χ0n) is 16.2. The Kier molecular flexibility index (Phi) is 7.22. The number of hydrogen-bond donors (Lipinski definition) is 2. The highest BCUT2D eigenvalue weighted by Gasteiger charge is 2.26. The van der Waals surface area contributed by atoms with E-state index in [1.165, 1.54) is 51.5 Å². The Hall–Kier alpha value is -2.63. The topological polar surface area (TPSA) is 122 Å². The van der Waals surface area contributed by atoms with E-state index >= 15 is 0 Å². The van der Waals surface area contributed by atoms with E-state index in [0.29, 0.717) is 0 Å². The van der Waals surface area contributed by atoms with Gasteiger partial charge in [0, 0.05) is 27.1 Å². The van der Waals surface area contributed by atoms with Crippen LogP contribution in [0.3, 0.4) is 0 Å². The fourth-order valence-electron chi connectivity index (χ4n) is 2.47. The minimum Gasteiger partial charge on any atom is -0.495 e. The van der Waals surface area contributed by atoms with Gasteiger partial charge in [-0.1, -0.05) is 18.2 Å². The lowest BCUT2D eigenvalue weighted by Gasteiger charge is -2.22. The Morgan fingerprint density at radius 2 is 1.69 bits per heavy atom. The van der Waals surface area contributed by atoms with E-state index in [1.54, 1.807) is 18.2 Å². The molecule has 2 aromatic rings. The van der Waals surface area contributed by atoms with E-state index in [4.69, 9.17) is 4.74 Å². The first-order valence-corrected chi connectivity index (χ1v) is 11.5. The lowest BCUT2D eigenvalue weighted by Crippen LogP contribution is -2.30. The van der Waals surface area contributed by atoms with Gasteiger partial charge in [0.25, 0.3) is 10.0 Å². The van der Waals surface area contributed by atoms with Gasteiger partial charge >= 0.3 is 0 Å². The third-order valence-electron chi connectivity index (χ3n) is 4.12. The summed E-state index contributed by atoms with van der Waals surface area (Å²) in [6.07, 6.45) is -0.0268. The fourth-order valence-corrected chi connectivity index (χ4v) is 4.74. The average molecular weight is 442 g/mol. The second-order valence-electron chi connectivity index (χ2n) is 5.94. The number of methoxy groups -OCH3 is 1. The van der Waals surface area contributed by atoms with E-state index in [-0.39, 0.29) is 40.1 Å². The number of nitrogens with one attached hydrogen (secondary N) is 2. The molecule has 2 aromatic carbocycles. The lowest BCUT2D eigenvalue weighted by molar-refractivity contribution is -0.120. The van der Waals surface area contributed by atoms with Gasteiger partial charge in [0.15, 0.2) is 0 Å². The van der Waals surface area contributed by atoms with Crippen LogP contribution in [0.1, 0.15) is 6.42 Å². The molecule has 2 N–H and O–H groups in total. The number of nitrogens with zero attached hydrogens (tertiary/aromatic N) is 1. The normalized spacial score (nSPS) is 11.7. The molecule has 11 heteroatoms. The molecule has 0 spiro atoms. The second kappa shape index (κ2) is 9.25. The molecule has 9 nitrogen and oxygen atoms in total. The van der Waals surface area contributed by atoms with Crippen molar-refractivity contribution in [2.24, 2.45) is 0 Å². The van der Waals surface area contributed by atoms with Crippen molar-refractivity contribution < 1.29 is 26.4 Å². The summed E-state index contributed by atoms with van der Waals surface area (Å²) >= 11 is 0. The highest BCUT2D eigenvalue weighted by Crippen LogP contribution is 2.33. The third kappa shape index (κ3) is 5.25. The van der Waals surface area contributed by atoms with Crippen molar-refractivity contribution >= 4 is 31.6 Å². The molecule has 0 unspecified atom stereocenters. The molecule has 0 radical (unpaired) electrons. The van der Waals surface area contributed by atoms with E-state index in [2.05, 4.69) is 10.0 Å². The molecule has 2 rings (SSSR count). The van der Waals surface area contributed by atoms with Gasteiger partial charge in [-0.2, -0.15) is 0 Å². The molecular formula is C18H23N3O6S2. The van der Waals surface area contributed by atoms with Crippen molar-refractivity contribution in [3.05, 3.63) is 48.5 Å². The monoisotopic (exact) mass is 441 g/mol. The van der Waals surface area contributed by atoms with Gasteiger partial charge < -0.3 is 10.1 Å². The summed E-state index contributed by atoms with van der Waals surface area (Å²) in [6.45, 7) is -0.0957. The van der Waals surface area contributed by atoms with Crippen LogP contribution in [0.2, 0.25) is 0 Å².